The Morgan fingerprint density at radius 2 is 2.16 bits per heavy atom. The normalized spacial score (nSPS) is 22.1. The Kier molecular flexibility index (Phi) is 5.06. The monoisotopic (exact) mass is 384 g/mol. The summed E-state index contributed by atoms with van der Waals surface area (Å²) in [6, 6.07) is 4.98. The Morgan fingerprint density at radius 3 is 2.84 bits per heavy atom. The maximum absolute atomic E-state index is 12.9. The van der Waals surface area contributed by atoms with Crippen LogP contribution in [0.5, 0.6) is 5.75 Å². The van der Waals surface area contributed by atoms with Gasteiger partial charge in [-0.25, -0.2) is 13.1 Å². The van der Waals surface area contributed by atoms with E-state index in [1.807, 2.05) is 6.92 Å². The molecule has 2 heterocycles. The van der Waals surface area contributed by atoms with E-state index >= 15 is 0 Å². The highest BCUT2D eigenvalue weighted by Crippen LogP contribution is 2.28. The number of halogens is 1. The molecule has 0 bridgehead atoms. The molecule has 2 N–H and O–H groups in total. The van der Waals surface area contributed by atoms with Gasteiger partial charge in [0, 0.05) is 23.7 Å². The minimum absolute atomic E-state index is 0.0416. The zero-order valence-corrected chi connectivity index (χ0v) is 15.7. The van der Waals surface area contributed by atoms with Crippen LogP contribution in [0.15, 0.2) is 35.5 Å². The van der Waals surface area contributed by atoms with Crippen LogP contribution in [-0.4, -0.2) is 48.2 Å². The first-order valence-electron chi connectivity index (χ1n) is 7.99. The predicted octanol–water partition coefficient (Wildman–Crippen LogP) is 2.03. The van der Waals surface area contributed by atoms with Gasteiger partial charge in [-0.1, -0.05) is 11.6 Å². The highest BCUT2D eigenvalue weighted by Gasteiger charge is 2.34. The number of rotatable bonds is 4. The van der Waals surface area contributed by atoms with Gasteiger partial charge in [-0.05, 0) is 38.0 Å². The molecule has 0 spiro atoms. The minimum atomic E-state index is -3.63. The summed E-state index contributed by atoms with van der Waals surface area (Å²) in [4.78, 5) is 0.136. The molecule has 0 saturated carbocycles. The molecule has 1 aromatic carbocycles. The first kappa shape index (κ1) is 18.2. The highest BCUT2D eigenvalue weighted by atomic mass is 35.5. The van der Waals surface area contributed by atoms with E-state index in [0.29, 0.717) is 35.8 Å². The second-order valence-corrected chi connectivity index (χ2v) is 8.51. The maximum atomic E-state index is 12.9. The molecule has 7 nitrogen and oxygen atoms in total. The maximum Gasteiger partial charge on any atom is 0.246 e. The molecular formula is C16H21ClN4O3S. The fourth-order valence-corrected chi connectivity index (χ4v) is 4.85. The molecule has 1 aliphatic rings. The van der Waals surface area contributed by atoms with Crippen LogP contribution < -0.4 is 10.5 Å². The minimum Gasteiger partial charge on any atom is -0.494 e. The highest BCUT2D eigenvalue weighted by molar-refractivity contribution is 7.89. The van der Waals surface area contributed by atoms with Crippen molar-refractivity contribution in [3.8, 4) is 11.4 Å². The number of piperidine rings is 1. The van der Waals surface area contributed by atoms with Crippen molar-refractivity contribution in [1.82, 2.24) is 14.1 Å². The fourth-order valence-electron chi connectivity index (χ4n) is 3.09. The number of nitrogens with zero attached hydrogens (tertiary/aromatic N) is 3. The molecule has 2 aromatic rings. The van der Waals surface area contributed by atoms with Crippen LogP contribution in [0.25, 0.3) is 5.69 Å². The van der Waals surface area contributed by atoms with E-state index in [1.165, 1.54) is 28.5 Å². The standard InChI is InChI=1S/C16H21ClN4O3S/c1-11-7-13(18)5-6-21(11)25(22,23)14-9-19-20(10-14)15-8-12(17)3-4-16(15)24-2/h3-4,8-11,13H,5-7,18H2,1-2H3. The van der Waals surface area contributed by atoms with Crippen LogP contribution in [0.2, 0.25) is 5.02 Å². The summed E-state index contributed by atoms with van der Waals surface area (Å²) in [5.41, 5.74) is 6.51. The van der Waals surface area contributed by atoms with Crippen molar-refractivity contribution in [2.45, 2.75) is 36.7 Å². The second kappa shape index (κ2) is 6.95. The average molecular weight is 385 g/mol. The van der Waals surface area contributed by atoms with Gasteiger partial charge in [-0.2, -0.15) is 9.40 Å². The fraction of sp³-hybridized carbons (Fsp3) is 0.438. The lowest BCUT2D eigenvalue weighted by Gasteiger charge is -2.34. The van der Waals surface area contributed by atoms with Crippen molar-refractivity contribution in [2.24, 2.45) is 5.73 Å². The molecule has 0 aliphatic carbocycles. The largest absolute Gasteiger partial charge is 0.494 e. The number of aromatic nitrogens is 2. The summed E-state index contributed by atoms with van der Waals surface area (Å²) >= 11 is 6.04. The first-order valence-corrected chi connectivity index (χ1v) is 9.80. The van der Waals surface area contributed by atoms with E-state index in [1.54, 1.807) is 18.2 Å². The first-order chi connectivity index (χ1) is 11.8. The van der Waals surface area contributed by atoms with Gasteiger partial charge in [0.2, 0.25) is 10.0 Å². The number of ether oxygens (including phenoxy) is 1. The second-order valence-electron chi connectivity index (χ2n) is 6.19. The topological polar surface area (TPSA) is 90.5 Å². The molecule has 1 aliphatic heterocycles. The number of benzene rings is 1. The molecule has 3 rings (SSSR count). The van der Waals surface area contributed by atoms with Crippen LogP contribution in [0.4, 0.5) is 0 Å². The summed E-state index contributed by atoms with van der Waals surface area (Å²) in [5, 5.41) is 4.69. The lowest BCUT2D eigenvalue weighted by atomic mass is 10.0. The molecule has 1 aromatic heterocycles. The van der Waals surface area contributed by atoms with Gasteiger partial charge in [0.1, 0.15) is 16.3 Å². The van der Waals surface area contributed by atoms with E-state index < -0.39 is 10.0 Å². The molecule has 1 fully saturated rings. The van der Waals surface area contributed by atoms with Gasteiger partial charge in [0.05, 0.1) is 19.5 Å². The van der Waals surface area contributed by atoms with Crippen LogP contribution in [-0.2, 0) is 10.0 Å². The quantitative estimate of drug-likeness (QED) is 0.871. The molecule has 9 heteroatoms. The van der Waals surface area contributed by atoms with Gasteiger partial charge >= 0.3 is 0 Å². The van der Waals surface area contributed by atoms with Crippen LogP contribution in [0.1, 0.15) is 19.8 Å². The predicted molar refractivity (Wildman–Crippen MR) is 95.7 cm³/mol. The zero-order valence-electron chi connectivity index (χ0n) is 14.1. The van der Waals surface area contributed by atoms with Crippen LogP contribution in [0, 0.1) is 0 Å². The zero-order chi connectivity index (χ0) is 18.2. The lowest BCUT2D eigenvalue weighted by molar-refractivity contribution is 0.247. The van der Waals surface area contributed by atoms with E-state index in [-0.39, 0.29) is 17.0 Å². The van der Waals surface area contributed by atoms with Gasteiger partial charge in [-0.15, -0.1) is 0 Å². The number of methoxy groups -OCH3 is 1. The van der Waals surface area contributed by atoms with Crippen molar-refractivity contribution in [3.05, 3.63) is 35.6 Å². The molecule has 0 radical (unpaired) electrons. The van der Waals surface area contributed by atoms with Crippen molar-refractivity contribution in [3.63, 3.8) is 0 Å². The third-order valence-corrected chi connectivity index (χ3v) is 6.61. The Bertz CT molecular complexity index is 868. The molecule has 25 heavy (non-hydrogen) atoms. The summed E-state index contributed by atoms with van der Waals surface area (Å²) < 4.78 is 34.1. The van der Waals surface area contributed by atoms with E-state index in [2.05, 4.69) is 5.10 Å². The van der Waals surface area contributed by atoms with E-state index in [0.717, 1.165) is 0 Å². The van der Waals surface area contributed by atoms with Gasteiger partial charge in [0.25, 0.3) is 0 Å². The third kappa shape index (κ3) is 3.52. The Labute approximate surface area is 152 Å². The molecule has 1 saturated heterocycles. The van der Waals surface area contributed by atoms with Crippen molar-refractivity contribution in [2.75, 3.05) is 13.7 Å². The molecule has 0 amide bonds. The molecule has 136 valence electrons. The summed E-state index contributed by atoms with van der Waals surface area (Å²) in [6.07, 6.45) is 4.12. The van der Waals surface area contributed by atoms with Gasteiger partial charge in [-0.3, -0.25) is 0 Å². The van der Waals surface area contributed by atoms with Crippen molar-refractivity contribution in [1.29, 1.82) is 0 Å². The average Bonchev–Trinajstić information content (AvgIpc) is 3.05. The van der Waals surface area contributed by atoms with Crippen molar-refractivity contribution >= 4 is 21.6 Å². The SMILES string of the molecule is COc1ccc(Cl)cc1-n1cc(S(=O)(=O)N2CCC(N)CC2C)cn1. The van der Waals surface area contributed by atoms with Gasteiger partial charge in [0.15, 0.2) is 0 Å². The number of hydrogen-bond acceptors (Lipinski definition) is 5. The molecular weight excluding hydrogens is 364 g/mol. The Balaban J connectivity index is 1.95. The molecule has 2 atom stereocenters. The van der Waals surface area contributed by atoms with Crippen molar-refractivity contribution < 1.29 is 13.2 Å². The lowest BCUT2D eigenvalue weighted by Crippen LogP contribution is -2.48. The summed E-state index contributed by atoms with van der Waals surface area (Å²) in [5.74, 6) is 0.550. The number of nitrogens with two attached hydrogens (primary N) is 1. The Morgan fingerprint density at radius 1 is 1.40 bits per heavy atom. The summed E-state index contributed by atoms with van der Waals surface area (Å²) in [7, 11) is -2.10. The van der Waals surface area contributed by atoms with E-state index in [4.69, 9.17) is 22.1 Å². The number of sulfonamides is 1. The third-order valence-electron chi connectivity index (χ3n) is 4.41. The Hall–Kier alpha value is -1.61. The van der Waals surface area contributed by atoms with Crippen LogP contribution >= 0.6 is 11.6 Å². The van der Waals surface area contributed by atoms with Crippen LogP contribution in [0.3, 0.4) is 0 Å². The smallest absolute Gasteiger partial charge is 0.246 e. The molecule has 2 unspecified atom stereocenters. The van der Waals surface area contributed by atoms with Gasteiger partial charge < -0.3 is 10.5 Å². The van der Waals surface area contributed by atoms with E-state index in [9.17, 15) is 8.42 Å². The summed E-state index contributed by atoms with van der Waals surface area (Å²) in [6.45, 7) is 2.29. The number of hydrogen-bond donors (Lipinski definition) is 1.